The Hall–Kier alpha value is -4.57. The number of primary amides is 2. The molecule has 16 nitrogen and oxygen atoms in total. The van der Waals surface area contributed by atoms with Gasteiger partial charge in [0.15, 0.2) is 6.10 Å². The minimum Gasteiger partial charge on any atom is -0.381 e. The van der Waals surface area contributed by atoms with Crippen molar-refractivity contribution >= 4 is 41.4 Å². The van der Waals surface area contributed by atoms with Crippen molar-refractivity contribution in [2.75, 3.05) is 13.1 Å². The minimum atomic E-state index is -1.79. The summed E-state index contributed by atoms with van der Waals surface area (Å²) in [5, 5.41) is 25.3. The van der Waals surface area contributed by atoms with Gasteiger partial charge in [-0.3, -0.25) is 33.6 Å². The number of nitrogens with zero attached hydrogens (tertiary/aromatic N) is 1. The van der Waals surface area contributed by atoms with E-state index < -0.39 is 89.6 Å². The van der Waals surface area contributed by atoms with Crippen molar-refractivity contribution in [3.63, 3.8) is 0 Å². The molecule has 0 bridgehead atoms. The molecule has 51 heavy (non-hydrogen) atoms. The molecule has 0 aromatic heterocycles. The lowest BCUT2D eigenvalue weighted by atomic mass is 9.97. The molecule has 0 unspecified atom stereocenters. The monoisotopic (exact) mass is 714 g/mol. The van der Waals surface area contributed by atoms with E-state index in [0.29, 0.717) is 31.4 Å². The first-order valence-corrected chi connectivity index (χ1v) is 17.7. The number of hydrogen-bond donors (Lipinski definition) is 8. The number of aliphatic hydroxyl groups excluding tert-OH is 1. The molecule has 0 radical (unpaired) electrons. The topological polar surface area (TPSA) is 255 Å². The van der Waals surface area contributed by atoms with Crippen LogP contribution in [0.15, 0.2) is 30.3 Å². The lowest BCUT2D eigenvalue weighted by Crippen LogP contribution is -2.61. The summed E-state index contributed by atoms with van der Waals surface area (Å²) in [6, 6.07) is 2.98. The molecule has 282 valence electrons. The Kier molecular flexibility index (Phi) is 15.3. The molecule has 10 N–H and O–H groups in total. The lowest BCUT2D eigenvalue weighted by molar-refractivity contribution is -0.147. The van der Waals surface area contributed by atoms with Crippen LogP contribution in [0.5, 0.6) is 0 Å². The van der Waals surface area contributed by atoms with Crippen molar-refractivity contribution in [3.8, 4) is 0 Å². The SMILES string of the molecule is CC(C)[C@H](NC(=O)[C@@H]1CCCN1C(=O)[C@@H](O)[C@H](Cc1ccccc1)NC(=O)[C@@H](NC(=O)[C@H](CCC(N)=O)NC(=O)[C@@H]1CCCN1)C(C)C)C(N)=O. The Morgan fingerprint density at radius 3 is 2.08 bits per heavy atom. The van der Waals surface area contributed by atoms with Crippen molar-refractivity contribution in [1.82, 2.24) is 31.5 Å². The number of nitrogens with two attached hydrogens (primary N) is 2. The number of benzene rings is 1. The fourth-order valence-corrected chi connectivity index (χ4v) is 6.37. The average Bonchev–Trinajstić information content (AvgIpc) is 3.80. The average molecular weight is 715 g/mol. The third-order valence-corrected chi connectivity index (χ3v) is 9.31. The van der Waals surface area contributed by atoms with Gasteiger partial charge in [-0.2, -0.15) is 0 Å². The maximum Gasteiger partial charge on any atom is 0.254 e. The lowest BCUT2D eigenvalue weighted by Gasteiger charge is -2.32. The van der Waals surface area contributed by atoms with Gasteiger partial charge >= 0.3 is 0 Å². The summed E-state index contributed by atoms with van der Waals surface area (Å²) in [6.07, 6.45) is 0.137. The minimum absolute atomic E-state index is 0.0335. The van der Waals surface area contributed by atoms with Gasteiger partial charge in [0.1, 0.15) is 24.2 Å². The standard InChI is InChI=1S/C35H54N8O8/c1-19(2)27(30(37)46)41-33(49)25-13-9-17-43(25)35(51)29(45)24(18-21-10-6-5-7-11-21)40-34(50)28(20(3)4)42-32(48)23(14-15-26(36)44)39-31(47)22-12-8-16-38-22/h5-7,10-11,19-20,22-25,27-29,38,45H,8-9,12-18H2,1-4H3,(H2,36,44)(H2,37,46)(H,39,47)(H,40,50)(H,41,49)(H,42,48)/t22-,23-,24-,25-,27-,28-,29-/m0/s1. The number of likely N-dealkylation sites (tertiary alicyclic amines) is 1. The van der Waals surface area contributed by atoms with Gasteiger partial charge in [-0.25, -0.2) is 0 Å². The van der Waals surface area contributed by atoms with Crippen molar-refractivity contribution in [1.29, 1.82) is 0 Å². The zero-order chi connectivity index (χ0) is 37.8. The molecule has 0 saturated carbocycles. The molecule has 2 aliphatic rings. The van der Waals surface area contributed by atoms with Crippen LogP contribution in [0.25, 0.3) is 0 Å². The fraction of sp³-hybridized carbons (Fsp3) is 0.629. The zero-order valence-corrected chi connectivity index (χ0v) is 29.9. The van der Waals surface area contributed by atoms with E-state index in [2.05, 4.69) is 26.6 Å². The molecular formula is C35H54N8O8. The van der Waals surface area contributed by atoms with Crippen molar-refractivity contribution in [2.45, 2.75) is 115 Å². The first kappa shape index (κ1) is 40.9. The van der Waals surface area contributed by atoms with Gasteiger partial charge in [0.05, 0.1) is 12.1 Å². The maximum atomic E-state index is 13.9. The molecule has 2 heterocycles. The largest absolute Gasteiger partial charge is 0.381 e. The van der Waals surface area contributed by atoms with Crippen LogP contribution in [0.3, 0.4) is 0 Å². The van der Waals surface area contributed by atoms with Crippen LogP contribution in [0.1, 0.15) is 71.8 Å². The van der Waals surface area contributed by atoms with Crippen LogP contribution in [-0.2, 0) is 40.0 Å². The van der Waals surface area contributed by atoms with E-state index in [1.807, 2.05) is 0 Å². The normalized spacial score (nSPS) is 20.2. The number of aliphatic hydroxyl groups is 1. The van der Waals surface area contributed by atoms with Crippen LogP contribution in [0.4, 0.5) is 0 Å². The van der Waals surface area contributed by atoms with Gasteiger partial charge in [-0.05, 0) is 62.5 Å². The Morgan fingerprint density at radius 1 is 0.843 bits per heavy atom. The second-order valence-corrected chi connectivity index (χ2v) is 14.0. The molecule has 16 heteroatoms. The number of nitrogens with one attached hydrogen (secondary N) is 5. The predicted octanol–water partition coefficient (Wildman–Crippen LogP) is -1.66. The fourth-order valence-electron chi connectivity index (χ4n) is 6.37. The highest BCUT2D eigenvalue weighted by molar-refractivity contribution is 5.95. The van der Waals surface area contributed by atoms with Crippen LogP contribution in [0, 0.1) is 11.8 Å². The summed E-state index contributed by atoms with van der Waals surface area (Å²) in [5.74, 6) is -5.29. The number of carbonyl (C=O) groups is 7. The summed E-state index contributed by atoms with van der Waals surface area (Å²) in [4.78, 5) is 92.0. The Labute approximate surface area is 298 Å². The van der Waals surface area contributed by atoms with Gasteiger partial charge < -0.3 is 48.1 Å². The van der Waals surface area contributed by atoms with Crippen LogP contribution in [-0.4, -0.2) is 107 Å². The molecule has 2 fully saturated rings. The van der Waals surface area contributed by atoms with E-state index in [-0.39, 0.29) is 31.7 Å². The van der Waals surface area contributed by atoms with Crippen LogP contribution in [0.2, 0.25) is 0 Å². The summed E-state index contributed by atoms with van der Waals surface area (Å²) in [5.41, 5.74) is 11.5. The van der Waals surface area contributed by atoms with Crippen molar-refractivity contribution in [2.24, 2.45) is 23.3 Å². The highest BCUT2D eigenvalue weighted by atomic mass is 16.3. The highest BCUT2D eigenvalue weighted by Crippen LogP contribution is 2.21. The number of hydrogen-bond acceptors (Lipinski definition) is 9. The molecule has 0 spiro atoms. The van der Waals surface area contributed by atoms with Gasteiger partial charge in [0, 0.05) is 13.0 Å². The molecule has 7 amide bonds. The van der Waals surface area contributed by atoms with Gasteiger partial charge in [-0.1, -0.05) is 58.0 Å². The Morgan fingerprint density at radius 2 is 1.51 bits per heavy atom. The van der Waals surface area contributed by atoms with E-state index in [1.54, 1.807) is 58.0 Å². The van der Waals surface area contributed by atoms with E-state index in [4.69, 9.17) is 11.5 Å². The molecule has 1 aromatic carbocycles. The maximum absolute atomic E-state index is 13.9. The molecule has 7 atom stereocenters. The zero-order valence-electron chi connectivity index (χ0n) is 29.9. The van der Waals surface area contributed by atoms with Crippen molar-refractivity contribution in [3.05, 3.63) is 35.9 Å². The van der Waals surface area contributed by atoms with Crippen molar-refractivity contribution < 1.29 is 38.7 Å². The first-order chi connectivity index (χ1) is 24.1. The van der Waals surface area contributed by atoms with Gasteiger partial charge in [0.25, 0.3) is 5.91 Å². The van der Waals surface area contributed by atoms with E-state index in [1.165, 1.54) is 4.90 Å². The summed E-state index contributed by atoms with van der Waals surface area (Å²) in [6.45, 7) is 7.67. The molecule has 2 saturated heterocycles. The van der Waals surface area contributed by atoms with Crippen LogP contribution >= 0.6 is 0 Å². The number of rotatable bonds is 18. The third kappa shape index (κ3) is 11.7. The first-order valence-electron chi connectivity index (χ1n) is 17.7. The van der Waals surface area contributed by atoms with E-state index in [0.717, 1.165) is 6.42 Å². The second kappa shape index (κ2) is 19.2. The summed E-state index contributed by atoms with van der Waals surface area (Å²) >= 11 is 0. The quantitative estimate of drug-likeness (QED) is 0.0864. The smallest absolute Gasteiger partial charge is 0.254 e. The number of carbonyl (C=O) groups excluding carboxylic acids is 7. The molecule has 3 rings (SSSR count). The molecule has 1 aromatic rings. The Bertz CT molecular complexity index is 1400. The second-order valence-electron chi connectivity index (χ2n) is 14.0. The predicted molar refractivity (Wildman–Crippen MR) is 187 cm³/mol. The molecule has 0 aliphatic carbocycles. The van der Waals surface area contributed by atoms with Crippen LogP contribution < -0.4 is 38.1 Å². The molecule has 2 aliphatic heterocycles. The summed E-state index contributed by atoms with van der Waals surface area (Å²) < 4.78 is 0. The third-order valence-electron chi connectivity index (χ3n) is 9.31. The Balaban J connectivity index is 1.81. The highest BCUT2D eigenvalue weighted by Gasteiger charge is 2.41. The molecular weight excluding hydrogens is 660 g/mol. The van der Waals surface area contributed by atoms with E-state index in [9.17, 15) is 38.7 Å². The van der Waals surface area contributed by atoms with Gasteiger partial charge in [0.2, 0.25) is 35.4 Å². The van der Waals surface area contributed by atoms with Gasteiger partial charge in [-0.15, -0.1) is 0 Å². The number of amides is 7. The van der Waals surface area contributed by atoms with E-state index >= 15 is 0 Å². The summed E-state index contributed by atoms with van der Waals surface area (Å²) in [7, 11) is 0.